The van der Waals surface area contributed by atoms with Gasteiger partial charge in [0.25, 0.3) is 5.91 Å². The molecule has 3 heterocycles. The maximum atomic E-state index is 13.6. The van der Waals surface area contributed by atoms with Gasteiger partial charge in [-0.2, -0.15) is 0 Å². The summed E-state index contributed by atoms with van der Waals surface area (Å²) in [5, 5.41) is 3.51. The lowest BCUT2D eigenvalue weighted by Gasteiger charge is -2.19. The number of aromatic amines is 1. The van der Waals surface area contributed by atoms with Gasteiger partial charge in [-0.1, -0.05) is 42.8 Å². The zero-order valence-corrected chi connectivity index (χ0v) is 22.1. The number of likely N-dealkylation sites (tertiary alicyclic amines) is 1. The molecule has 2 amide bonds. The van der Waals surface area contributed by atoms with E-state index in [0.29, 0.717) is 41.1 Å². The Labute approximate surface area is 217 Å². The van der Waals surface area contributed by atoms with Crippen molar-refractivity contribution in [3.63, 3.8) is 0 Å². The molecule has 0 bridgehead atoms. The summed E-state index contributed by atoms with van der Waals surface area (Å²) in [7, 11) is 0. The van der Waals surface area contributed by atoms with Crippen LogP contribution < -0.4 is 11.1 Å². The number of nitrogens with one attached hydrogen (secondary N) is 2. The number of nitrogens with zero attached hydrogens (tertiary/aromatic N) is 3. The first-order valence-electron chi connectivity index (χ1n) is 12.5. The van der Waals surface area contributed by atoms with Gasteiger partial charge in [0.05, 0.1) is 17.0 Å². The molecule has 1 saturated heterocycles. The number of carbonyl (C=O) groups excluding carboxylic acids is 2. The van der Waals surface area contributed by atoms with Crippen LogP contribution in [0.3, 0.4) is 0 Å². The molecule has 0 spiro atoms. The van der Waals surface area contributed by atoms with Gasteiger partial charge in [0.2, 0.25) is 5.91 Å². The van der Waals surface area contributed by atoms with Crippen molar-refractivity contribution in [2.45, 2.75) is 59.0 Å². The molecule has 8 nitrogen and oxygen atoms in total. The molecule has 0 aliphatic carbocycles. The van der Waals surface area contributed by atoms with E-state index in [0.717, 1.165) is 5.56 Å². The van der Waals surface area contributed by atoms with E-state index in [4.69, 9.17) is 10.7 Å². The zero-order chi connectivity index (χ0) is 26.9. The molecule has 2 aromatic heterocycles. The van der Waals surface area contributed by atoms with E-state index in [1.54, 1.807) is 4.90 Å². The molecule has 8 heteroatoms. The second kappa shape index (κ2) is 10.1. The van der Waals surface area contributed by atoms with Gasteiger partial charge in [-0.25, -0.2) is 9.97 Å². The predicted molar refractivity (Wildman–Crippen MR) is 146 cm³/mol. The Morgan fingerprint density at radius 1 is 1.27 bits per heavy atom. The summed E-state index contributed by atoms with van der Waals surface area (Å²) in [6.45, 7) is 14.0. The minimum Gasteiger partial charge on any atom is -0.383 e. The maximum Gasteiger partial charge on any atom is 0.255 e. The third-order valence-corrected chi connectivity index (χ3v) is 6.53. The zero-order valence-electron chi connectivity index (χ0n) is 22.1. The average Bonchev–Trinajstić information content (AvgIpc) is 3.43. The van der Waals surface area contributed by atoms with Gasteiger partial charge in [0, 0.05) is 23.9 Å². The monoisotopic (exact) mass is 498 g/mol. The summed E-state index contributed by atoms with van der Waals surface area (Å²) in [5.41, 5.74) is 8.41. The van der Waals surface area contributed by atoms with E-state index in [-0.39, 0.29) is 41.0 Å². The van der Waals surface area contributed by atoms with Crippen molar-refractivity contribution in [2.24, 2.45) is 5.41 Å². The molecule has 0 saturated carbocycles. The molecule has 37 heavy (non-hydrogen) atoms. The lowest BCUT2D eigenvalue weighted by Crippen LogP contribution is -2.32. The van der Waals surface area contributed by atoms with Crippen LogP contribution in [-0.4, -0.2) is 44.3 Å². The molecule has 0 unspecified atom stereocenters. The van der Waals surface area contributed by atoms with Crippen LogP contribution in [0.15, 0.2) is 43.0 Å². The Kier molecular flexibility index (Phi) is 7.08. The number of rotatable bonds is 5. The first-order chi connectivity index (χ1) is 17.5. The summed E-state index contributed by atoms with van der Waals surface area (Å²) >= 11 is 0. The molecule has 0 radical (unpaired) electrons. The third-order valence-electron chi connectivity index (χ3n) is 6.53. The van der Waals surface area contributed by atoms with Crippen LogP contribution in [0.4, 0.5) is 5.82 Å². The highest BCUT2D eigenvalue weighted by atomic mass is 16.2. The van der Waals surface area contributed by atoms with Gasteiger partial charge < -0.3 is 20.9 Å². The van der Waals surface area contributed by atoms with Crippen LogP contribution in [0.25, 0.3) is 11.0 Å². The summed E-state index contributed by atoms with van der Waals surface area (Å²) < 4.78 is 0. The second-order valence-corrected chi connectivity index (χ2v) is 10.6. The molecular weight excluding hydrogens is 464 g/mol. The first kappa shape index (κ1) is 26.0. The third kappa shape index (κ3) is 5.51. The van der Waals surface area contributed by atoms with E-state index in [9.17, 15) is 9.59 Å². The average molecular weight is 499 g/mol. The van der Waals surface area contributed by atoms with Gasteiger partial charge in [0.1, 0.15) is 23.0 Å². The Hall–Kier alpha value is -4.12. The number of benzene rings is 1. The van der Waals surface area contributed by atoms with E-state index in [1.807, 2.05) is 65.0 Å². The van der Waals surface area contributed by atoms with Crippen LogP contribution >= 0.6 is 0 Å². The van der Waals surface area contributed by atoms with Crippen LogP contribution in [-0.2, 0) is 4.79 Å². The molecule has 4 rings (SSSR count). The Balaban J connectivity index is 1.76. The van der Waals surface area contributed by atoms with Gasteiger partial charge >= 0.3 is 0 Å². The molecule has 3 atom stereocenters. The minimum atomic E-state index is -0.305. The lowest BCUT2D eigenvalue weighted by atomic mass is 9.97. The van der Waals surface area contributed by atoms with E-state index in [2.05, 4.69) is 33.7 Å². The minimum absolute atomic E-state index is 0.0358. The van der Waals surface area contributed by atoms with E-state index < -0.39 is 0 Å². The van der Waals surface area contributed by atoms with E-state index >= 15 is 0 Å². The Morgan fingerprint density at radius 2 is 1.97 bits per heavy atom. The smallest absolute Gasteiger partial charge is 0.255 e. The number of anilines is 1. The van der Waals surface area contributed by atoms with Crippen molar-refractivity contribution >= 4 is 28.7 Å². The highest BCUT2D eigenvalue weighted by Gasteiger charge is 2.35. The fraction of sp³-hybridized carbons (Fsp3) is 0.379. The molecule has 192 valence electrons. The second-order valence-electron chi connectivity index (χ2n) is 10.6. The Bertz CT molecular complexity index is 1410. The number of carbonyl (C=O) groups is 2. The molecule has 3 aromatic rings. The number of H-pyrrole nitrogens is 1. The summed E-state index contributed by atoms with van der Waals surface area (Å²) in [4.78, 5) is 40.1. The van der Waals surface area contributed by atoms with Crippen LogP contribution in [0, 0.1) is 17.3 Å². The van der Waals surface area contributed by atoms with Crippen molar-refractivity contribution in [2.75, 3.05) is 12.3 Å². The van der Waals surface area contributed by atoms with Crippen molar-refractivity contribution in [1.82, 2.24) is 25.2 Å². The number of aromatic nitrogens is 3. The van der Waals surface area contributed by atoms with Gasteiger partial charge in [-0.15, -0.1) is 0 Å². The van der Waals surface area contributed by atoms with Crippen LogP contribution in [0.2, 0.25) is 0 Å². The van der Waals surface area contributed by atoms with Crippen LogP contribution in [0.1, 0.15) is 80.4 Å². The van der Waals surface area contributed by atoms with Crippen molar-refractivity contribution < 1.29 is 9.59 Å². The van der Waals surface area contributed by atoms with E-state index in [1.165, 1.54) is 6.08 Å². The van der Waals surface area contributed by atoms with Gasteiger partial charge in [-0.3, -0.25) is 9.59 Å². The number of hydrogen-bond acceptors (Lipinski definition) is 5. The van der Waals surface area contributed by atoms with Crippen molar-refractivity contribution in [3.05, 3.63) is 65.6 Å². The highest BCUT2D eigenvalue weighted by Crippen LogP contribution is 2.33. The van der Waals surface area contributed by atoms with Gasteiger partial charge in [-0.05, 0) is 58.6 Å². The maximum absolute atomic E-state index is 13.6. The number of fused-ring (bicyclic) bond motifs is 1. The van der Waals surface area contributed by atoms with Crippen molar-refractivity contribution in [1.29, 1.82) is 0 Å². The number of nitrogens with two attached hydrogens (primary N) is 1. The Morgan fingerprint density at radius 3 is 2.62 bits per heavy atom. The van der Waals surface area contributed by atoms with Crippen LogP contribution in [0.5, 0.6) is 0 Å². The molecule has 1 fully saturated rings. The van der Waals surface area contributed by atoms with Gasteiger partial charge in [0.15, 0.2) is 0 Å². The highest BCUT2D eigenvalue weighted by molar-refractivity contribution is 6.11. The molecule has 1 aliphatic rings. The normalized spacial score (nSPS) is 18.2. The summed E-state index contributed by atoms with van der Waals surface area (Å²) in [6.07, 6.45) is 2.04. The van der Waals surface area contributed by atoms with Crippen molar-refractivity contribution in [3.8, 4) is 11.8 Å². The molecular formula is C29H34N6O2. The topological polar surface area (TPSA) is 117 Å². The number of nitrogen functional groups attached to an aromatic ring is 1. The number of amides is 2. The fourth-order valence-corrected chi connectivity index (χ4v) is 4.63. The molecule has 1 aromatic carbocycles. The number of hydrogen-bond donors (Lipinski definition) is 3. The predicted octanol–water partition coefficient (Wildman–Crippen LogP) is 4.32. The summed E-state index contributed by atoms with van der Waals surface area (Å²) in [6, 6.07) is 9.55. The SMILES string of the molecule is C=CC(=O)N1C[C@H](c2nc(N)c3c(C(=O)N[C@H](C)c4ccccc4)c(C#CC(C)(C)C)[nH]c3n2)C[C@@H]1C. The largest absolute Gasteiger partial charge is 0.383 e. The molecule has 1 aliphatic heterocycles. The summed E-state index contributed by atoms with van der Waals surface area (Å²) in [5.74, 6) is 6.58. The molecule has 4 N–H and O–H groups in total. The quantitative estimate of drug-likeness (QED) is 0.358. The standard InChI is InChI=1S/C29H34N6O2/c1-7-22(36)35-16-20(15-17(35)2)26-33-25(30)24-23(21(32-27(24)34-26)13-14-29(4,5)6)28(37)31-18(3)19-11-9-8-10-12-19/h7-12,17-18,20H,1,15-16H2,2-6H3,(H,31,37)(H3,30,32,33,34)/t17-,18+,20+/m0/s1. The fourth-order valence-electron chi connectivity index (χ4n) is 4.63. The first-order valence-corrected chi connectivity index (χ1v) is 12.5. The lowest BCUT2D eigenvalue weighted by molar-refractivity contribution is -0.126.